The van der Waals surface area contributed by atoms with Crippen molar-refractivity contribution in [2.45, 2.75) is 32.6 Å². The van der Waals surface area contributed by atoms with E-state index < -0.39 is 0 Å². The molecule has 1 atom stereocenters. The second kappa shape index (κ2) is 6.69. The van der Waals surface area contributed by atoms with Crippen molar-refractivity contribution in [2.24, 2.45) is 0 Å². The fraction of sp³-hybridized carbons (Fsp3) is 0.462. The van der Waals surface area contributed by atoms with E-state index in [2.05, 4.69) is 15.9 Å². The van der Waals surface area contributed by atoms with Crippen molar-refractivity contribution in [2.75, 3.05) is 6.61 Å². The Morgan fingerprint density at radius 3 is 2.88 bits per heavy atom. The van der Waals surface area contributed by atoms with Gasteiger partial charge in [-0.1, -0.05) is 41.9 Å². The minimum Gasteiger partial charge on any atom is -0.466 e. The summed E-state index contributed by atoms with van der Waals surface area (Å²) in [6.45, 7) is 4.55. The Balaban J connectivity index is 2.52. The zero-order valence-electron chi connectivity index (χ0n) is 9.70. The summed E-state index contributed by atoms with van der Waals surface area (Å²) in [7, 11) is 0. The molecule has 1 aromatic rings. The van der Waals surface area contributed by atoms with Crippen LogP contribution in [0.5, 0.6) is 0 Å². The lowest BCUT2D eigenvalue weighted by molar-refractivity contribution is -0.144. The molecule has 0 bridgehead atoms. The molecule has 88 valence electrons. The van der Waals surface area contributed by atoms with Gasteiger partial charge in [0.1, 0.15) is 0 Å². The predicted octanol–water partition coefficient (Wildman–Crippen LogP) is 3.90. The van der Waals surface area contributed by atoms with Crippen molar-refractivity contribution in [3.05, 3.63) is 34.3 Å². The van der Waals surface area contributed by atoms with Crippen LogP contribution in [0.1, 0.15) is 38.2 Å². The number of halogens is 1. The third-order valence-electron chi connectivity index (χ3n) is 2.36. The molecular formula is C13H17BrO2. The zero-order chi connectivity index (χ0) is 12.0. The molecule has 0 radical (unpaired) electrons. The number of hydrogen-bond acceptors (Lipinski definition) is 2. The first-order valence-corrected chi connectivity index (χ1v) is 6.34. The van der Waals surface area contributed by atoms with E-state index in [1.807, 2.05) is 38.1 Å². The summed E-state index contributed by atoms with van der Waals surface area (Å²) in [4.78, 5) is 11.4. The third kappa shape index (κ3) is 4.35. The molecule has 1 unspecified atom stereocenters. The monoisotopic (exact) mass is 284 g/mol. The predicted molar refractivity (Wildman–Crippen MR) is 68.4 cm³/mol. The van der Waals surface area contributed by atoms with Gasteiger partial charge in [0, 0.05) is 4.47 Å². The molecule has 2 nitrogen and oxygen atoms in total. The number of carbonyl (C=O) groups excluding carboxylic acids is 1. The molecule has 0 N–H and O–H groups in total. The van der Waals surface area contributed by atoms with Crippen LogP contribution < -0.4 is 0 Å². The summed E-state index contributed by atoms with van der Waals surface area (Å²) < 4.78 is 6.10. The Kier molecular flexibility index (Phi) is 5.53. The first kappa shape index (κ1) is 13.2. The number of benzene rings is 1. The van der Waals surface area contributed by atoms with Crippen LogP contribution in [0.25, 0.3) is 0 Å². The molecule has 0 spiro atoms. The van der Waals surface area contributed by atoms with Crippen LogP contribution in [0.3, 0.4) is 0 Å². The summed E-state index contributed by atoms with van der Waals surface area (Å²) in [6.07, 6.45) is 1.31. The van der Waals surface area contributed by atoms with Gasteiger partial charge < -0.3 is 4.74 Å². The maximum absolute atomic E-state index is 11.4. The number of carbonyl (C=O) groups is 1. The quantitative estimate of drug-likeness (QED) is 0.767. The van der Waals surface area contributed by atoms with Crippen LogP contribution in [0.2, 0.25) is 0 Å². The molecule has 0 heterocycles. The van der Waals surface area contributed by atoms with Crippen molar-refractivity contribution >= 4 is 21.9 Å². The van der Waals surface area contributed by atoms with E-state index in [1.165, 1.54) is 0 Å². The molecular weight excluding hydrogens is 268 g/mol. The Bertz CT molecular complexity index is 350. The SMILES string of the molecule is CCCOC(=O)CC(C)c1cccc(Br)c1. The smallest absolute Gasteiger partial charge is 0.306 e. The molecule has 0 aromatic heterocycles. The second-order valence-corrected chi connectivity index (χ2v) is 4.80. The molecule has 0 amide bonds. The van der Waals surface area contributed by atoms with Gasteiger partial charge in [0.25, 0.3) is 0 Å². The van der Waals surface area contributed by atoms with E-state index in [0.717, 1.165) is 16.5 Å². The first-order valence-electron chi connectivity index (χ1n) is 5.54. The van der Waals surface area contributed by atoms with Crippen molar-refractivity contribution < 1.29 is 9.53 Å². The molecule has 3 heteroatoms. The molecule has 1 aromatic carbocycles. The highest BCUT2D eigenvalue weighted by Gasteiger charge is 2.12. The normalized spacial score (nSPS) is 12.2. The number of ether oxygens (including phenoxy) is 1. The lowest BCUT2D eigenvalue weighted by atomic mass is 9.98. The molecule has 0 fully saturated rings. The van der Waals surface area contributed by atoms with Crippen LogP contribution in [-0.4, -0.2) is 12.6 Å². The molecule has 1 rings (SSSR count). The highest BCUT2D eigenvalue weighted by molar-refractivity contribution is 9.10. The van der Waals surface area contributed by atoms with Gasteiger partial charge in [0.2, 0.25) is 0 Å². The van der Waals surface area contributed by atoms with Crippen molar-refractivity contribution in [3.63, 3.8) is 0 Å². The maximum atomic E-state index is 11.4. The van der Waals surface area contributed by atoms with E-state index >= 15 is 0 Å². The van der Waals surface area contributed by atoms with E-state index in [1.54, 1.807) is 0 Å². The molecule has 0 saturated heterocycles. The Labute approximate surface area is 105 Å². The van der Waals surface area contributed by atoms with Crippen LogP contribution in [0, 0.1) is 0 Å². The summed E-state index contributed by atoms with van der Waals surface area (Å²) >= 11 is 3.42. The summed E-state index contributed by atoms with van der Waals surface area (Å²) in [5.74, 6) is 0.0798. The molecule has 0 aliphatic rings. The van der Waals surface area contributed by atoms with Crippen LogP contribution in [0.4, 0.5) is 0 Å². The Hall–Kier alpha value is -0.830. The number of hydrogen-bond donors (Lipinski definition) is 0. The van der Waals surface area contributed by atoms with Gasteiger partial charge in [-0.05, 0) is 30.0 Å². The Morgan fingerprint density at radius 1 is 1.50 bits per heavy atom. The van der Waals surface area contributed by atoms with Crippen molar-refractivity contribution in [3.8, 4) is 0 Å². The van der Waals surface area contributed by atoms with Crippen LogP contribution in [-0.2, 0) is 9.53 Å². The van der Waals surface area contributed by atoms with Gasteiger partial charge in [-0.25, -0.2) is 0 Å². The largest absolute Gasteiger partial charge is 0.466 e. The highest BCUT2D eigenvalue weighted by Crippen LogP contribution is 2.22. The highest BCUT2D eigenvalue weighted by atomic mass is 79.9. The van der Waals surface area contributed by atoms with Crippen molar-refractivity contribution in [1.82, 2.24) is 0 Å². The fourth-order valence-corrected chi connectivity index (χ4v) is 1.87. The van der Waals surface area contributed by atoms with E-state index in [0.29, 0.717) is 13.0 Å². The van der Waals surface area contributed by atoms with Crippen LogP contribution in [0.15, 0.2) is 28.7 Å². The topological polar surface area (TPSA) is 26.3 Å². The molecule has 16 heavy (non-hydrogen) atoms. The molecule has 0 aliphatic heterocycles. The summed E-state index contributed by atoms with van der Waals surface area (Å²) in [5, 5.41) is 0. The van der Waals surface area contributed by atoms with E-state index in [9.17, 15) is 4.79 Å². The minimum atomic E-state index is -0.116. The summed E-state index contributed by atoms with van der Waals surface area (Å²) in [6, 6.07) is 8.03. The van der Waals surface area contributed by atoms with Gasteiger partial charge in [-0.3, -0.25) is 4.79 Å². The van der Waals surface area contributed by atoms with Gasteiger partial charge in [0.15, 0.2) is 0 Å². The lowest BCUT2D eigenvalue weighted by Crippen LogP contribution is -2.09. The number of esters is 1. The maximum Gasteiger partial charge on any atom is 0.306 e. The molecule has 0 aliphatic carbocycles. The summed E-state index contributed by atoms with van der Waals surface area (Å²) in [5.41, 5.74) is 1.16. The average Bonchev–Trinajstić information content (AvgIpc) is 2.26. The van der Waals surface area contributed by atoms with Gasteiger partial charge >= 0.3 is 5.97 Å². The zero-order valence-corrected chi connectivity index (χ0v) is 11.3. The average molecular weight is 285 g/mol. The number of rotatable bonds is 5. The second-order valence-electron chi connectivity index (χ2n) is 3.88. The van der Waals surface area contributed by atoms with Crippen molar-refractivity contribution in [1.29, 1.82) is 0 Å². The van der Waals surface area contributed by atoms with E-state index in [-0.39, 0.29) is 11.9 Å². The third-order valence-corrected chi connectivity index (χ3v) is 2.85. The lowest BCUT2D eigenvalue weighted by Gasteiger charge is -2.11. The molecule has 0 saturated carbocycles. The first-order chi connectivity index (χ1) is 7.63. The van der Waals surface area contributed by atoms with E-state index in [4.69, 9.17) is 4.74 Å². The minimum absolute atomic E-state index is 0.116. The fourth-order valence-electron chi connectivity index (χ4n) is 1.46. The van der Waals surface area contributed by atoms with Gasteiger partial charge in [-0.2, -0.15) is 0 Å². The standard InChI is InChI=1S/C13H17BrO2/c1-3-7-16-13(15)8-10(2)11-5-4-6-12(14)9-11/h4-6,9-10H,3,7-8H2,1-2H3. The Morgan fingerprint density at radius 2 is 2.25 bits per heavy atom. The van der Waals surface area contributed by atoms with Gasteiger partial charge in [0.05, 0.1) is 13.0 Å². The van der Waals surface area contributed by atoms with Gasteiger partial charge in [-0.15, -0.1) is 0 Å². The van der Waals surface area contributed by atoms with Crippen LogP contribution >= 0.6 is 15.9 Å².